The highest BCUT2D eigenvalue weighted by Gasteiger charge is 2.11. The largest absolute Gasteiger partial charge is 0.376 e. The minimum atomic E-state index is 0.0946. The summed E-state index contributed by atoms with van der Waals surface area (Å²) in [6.45, 7) is 11.5. The van der Waals surface area contributed by atoms with Crippen molar-refractivity contribution in [2.24, 2.45) is 0 Å². The standard InChI is InChI=1S/C17H29NO2/c1-5-9-18-13-17(20-11-10-19-14(2)3)16-8-6-7-15(4)12-16/h6-8,12,14,17-18H,5,9-11,13H2,1-4H3. The highest BCUT2D eigenvalue weighted by molar-refractivity contribution is 5.24. The average molecular weight is 279 g/mol. The molecule has 0 fully saturated rings. The smallest absolute Gasteiger partial charge is 0.0950 e. The Morgan fingerprint density at radius 1 is 1.15 bits per heavy atom. The van der Waals surface area contributed by atoms with Crippen LogP contribution in [0.2, 0.25) is 0 Å². The zero-order valence-electron chi connectivity index (χ0n) is 13.3. The van der Waals surface area contributed by atoms with Crippen molar-refractivity contribution in [1.82, 2.24) is 5.32 Å². The molecule has 3 heteroatoms. The maximum atomic E-state index is 5.99. The molecule has 1 unspecified atom stereocenters. The number of rotatable bonds is 10. The van der Waals surface area contributed by atoms with Gasteiger partial charge in [-0.2, -0.15) is 0 Å². The van der Waals surface area contributed by atoms with Gasteiger partial charge in [-0.25, -0.2) is 0 Å². The third-order valence-electron chi connectivity index (χ3n) is 3.02. The fraction of sp³-hybridized carbons (Fsp3) is 0.647. The second-order valence-corrected chi connectivity index (χ2v) is 5.40. The Morgan fingerprint density at radius 3 is 2.55 bits per heavy atom. The molecule has 0 saturated heterocycles. The lowest BCUT2D eigenvalue weighted by molar-refractivity contribution is -0.0129. The number of nitrogens with one attached hydrogen (secondary N) is 1. The molecule has 0 amide bonds. The second kappa shape index (κ2) is 9.92. The number of aryl methyl sites for hydroxylation is 1. The lowest BCUT2D eigenvalue weighted by atomic mass is 10.1. The molecule has 0 heterocycles. The van der Waals surface area contributed by atoms with Crippen molar-refractivity contribution in [3.05, 3.63) is 35.4 Å². The summed E-state index contributed by atoms with van der Waals surface area (Å²) in [7, 11) is 0. The summed E-state index contributed by atoms with van der Waals surface area (Å²) in [4.78, 5) is 0. The van der Waals surface area contributed by atoms with Crippen LogP contribution in [0.3, 0.4) is 0 Å². The van der Waals surface area contributed by atoms with Crippen LogP contribution in [0.25, 0.3) is 0 Å². The van der Waals surface area contributed by atoms with Gasteiger partial charge >= 0.3 is 0 Å². The molecule has 0 aliphatic rings. The Morgan fingerprint density at radius 2 is 1.90 bits per heavy atom. The molecule has 0 spiro atoms. The van der Waals surface area contributed by atoms with Gasteiger partial charge in [0.15, 0.2) is 0 Å². The third-order valence-corrected chi connectivity index (χ3v) is 3.02. The average Bonchev–Trinajstić information content (AvgIpc) is 2.41. The molecule has 0 aliphatic carbocycles. The molecule has 1 N–H and O–H groups in total. The van der Waals surface area contributed by atoms with Crippen LogP contribution in [0, 0.1) is 6.92 Å². The lowest BCUT2D eigenvalue weighted by Crippen LogP contribution is -2.25. The van der Waals surface area contributed by atoms with E-state index in [0.29, 0.717) is 13.2 Å². The van der Waals surface area contributed by atoms with E-state index in [1.54, 1.807) is 0 Å². The van der Waals surface area contributed by atoms with Gasteiger partial charge in [0.2, 0.25) is 0 Å². The molecule has 0 aromatic heterocycles. The van der Waals surface area contributed by atoms with Crippen LogP contribution in [0.15, 0.2) is 24.3 Å². The quantitative estimate of drug-likeness (QED) is 0.665. The summed E-state index contributed by atoms with van der Waals surface area (Å²) in [6, 6.07) is 8.53. The molecule has 1 aromatic rings. The van der Waals surface area contributed by atoms with Crippen LogP contribution in [0.5, 0.6) is 0 Å². The van der Waals surface area contributed by atoms with Crippen LogP contribution in [0.1, 0.15) is 44.4 Å². The molecule has 20 heavy (non-hydrogen) atoms. The molecular weight excluding hydrogens is 250 g/mol. The van der Waals surface area contributed by atoms with Crippen LogP contribution in [-0.2, 0) is 9.47 Å². The van der Waals surface area contributed by atoms with E-state index in [9.17, 15) is 0 Å². The van der Waals surface area contributed by atoms with Crippen LogP contribution in [-0.4, -0.2) is 32.4 Å². The molecule has 1 rings (SSSR count). The van der Waals surface area contributed by atoms with Crippen LogP contribution >= 0.6 is 0 Å². The predicted octanol–water partition coefficient (Wildman–Crippen LogP) is 3.48. The highest BCUT2D eigenvalue weighted by Crippen LogP contribution is 2.18. The maximum Gasteiger partial charge on any atom is 0.0950 e. The molecule has 114 valence electrons. The second-order valence-electron chi connectivity index (χ2n) is 5.40. The zero-order valence-corrected chi connectivity index (χ0v) is 13.3. The Bertz CT molecular complexity index is 366. The van der Waals surface area contributed by atoms with Gasteiger partial charge in [-0.15, -0.1) is 0 Å². The van der Waals surface area contributed by atoms with E-state index in [2.05, 4.69) is 43.4 Å². The van der Waals surface area contributed by atoms with Gasteiger partial charge in [0.1, 0.15) is 0 Å². The van der Waals surface area contributed by atoms with Gasteiger partial charge in [0.25, 0.3) is 0 Å². The van der Waals surface area contributed by atoms with Crippen molar-refractivity contribution in [3.8, 4) is 0 Å². The van der Waals surface area contributed by atoms with Gasteiger partial charge in [0.05, 0.1) is 25.4 Å². The van der Waals surface area contributed by atoms with Crippen molar-refractivity contribution in [3.63, 3.8) is 0 Å². The van der Waals surface area contributed by atoms with Crippen molar-refractivity contribution < 1.29 is 9.47 Å². The molecule has 1 aromatic carbocycles. The topological polar surface area (TPSA) is 30.5 Å². The SMILES string of the molecule is CCCNCC(OCCOC(C)C)c1cccc(C)c1. The molecule has 1 atom stereocenters. The first-order valence-corrected chi connectivity index (χ1v) is 7.64. The summed E-state index contributed by atoms with van der Waals surface area (Å²) in [6.07, 6.45) is 1.49. The van der Waals surface area contributed by atoms with Gasteiger partial charge in [-0.1, -0.05) is 36.8 Å². The van der Waals surface area contributed by atoms with Gasteiger partial charge < -0.3 is 14.8 Å². The van der Waals surface area contributed by atoms with Crippen molar-refractivity contribution in [1.29, 1.82) is 0 Å². The Balaban J connectivity index is 2.51. The fourth-order valence-electron chi connectivity index (χ4n) is 2.03. The zero-order chi connectivity index (χ0) is 14.8. The highest BCUT2D eigenvalue weighted by atomic mass is 16.5. The lowest BCUT2D eigenvalue weighted by Gasteiger charge is -2.20. The van der Waals surface area contributed by atoms with Crippen LogP contribution in [0.4, 0.5) is 0 Å². The summed E-state index contributed by atoms with van der Waals surface area (Å²) in [5.41, 5.74) is 2.50. The van der Waals surface area contributed by atoms with Gasteiger partial charge in [0, 0.05) is 6.54 Å². The Labute approximate surface area is 123 Å². The Kier molecular flexibility index (Phi) is 8.51. The normalized spacial score (nSPS) is 12.8. The minimum absolute atomic E-state index is 0.0946. The molecule has 0 bridgehead atoms. The summed E-state index contributed by atoms with van der Waals surface area (Å²) in [5, 5.41) is 3.44. The summed E-state index contributed by atoms with van der Waals surface area (Å²) >= 11 is 0. The predicted molar refractivity (Wildman–Crippen MR) is 84.1 cm³/mol. The van der Waals surface area contributed by atoms with E-state index in [4.69, 9.17) is 9.47 Å². The van der Waals surface area contributed by atoms with Gasteiger partial charge in [-0.05, 0) is 39.3 Å². The van der Waals surface area contributed by atoms with E-state index in [0.717, 1.165) is 19.5 Å². The number of hydrogen-bond acceptors (Lipinski definition) is 3. The molecule has 0 aliphatic heterocycles. The molecular formula is C17H29NO2. The number of benzene rings is 1. The van der Waals surface area contributed by atoms with E-state index in [-0.39, 0.29) is 12.2 Å². The molecule has 3 nitrogen and oxygen atoms in total. The Hall–Kier alpha value is -0.900. The van der Waals surface area contributed by atoms with Crippen molar-refractivity contribution >= 4 is 0 Å². The number of ether oxygens (including phenoxy) is 2. The first kappa shape index (κ1) is 17.2. The van der Waals surface area contributed by atoms with Crippen molar-refractivity contribution in [2.45, 2.75) is 46.3 Å². The van der Waals surface area contributed by atoms with E-state index >= 15 is 0 Å². The van der Waals surface area contributed by atoms with Crippen LogP contribution < -0.4 is 5.32 Å². The molecule has 0 saturated carbocycles. The van der Waals surface area contributed by atoms with E-state index < -0.39 is 0 Å². The first-order valence-electron chi connectivity index (χ1n) is 7.64. The summed E-state index contributed by atoms with van der Waals surface area (Å²) in [5.74, 6) is 0. The van der Waals surface area contributed by atoms with Crippen molar-refractivity contribution in [2.75, 3.05) is 26.3 Å². The maximum absolute atomic E-state index is 5.99. The van der Waals surface area contributed by atoms with E-state index in [1.165, 1.54) is 11.1 Å². The monoisotopic (exact) mass is 279 g/mol. The minimum Gasteiger partial charge on any atom is -0.376 e. The third kappa shape index (κ3) is 7.04. The van der Waals surface area contributed by atoms with Gasteiger partial charge in [-0.3, -0.25) is 0 Å². The first-order chi connectivity index (χ1) is 9.63. The number of hydrogen-bond donors (Lipinski definition) is 1. The fourth-order valence-corrected chi connectivity index (χ4v) is 2.03. The summed E-state index contributed by atoms with van der Waals surface area (Å²) < 4.78 is 11.5. The van der Waals surface area contributed by atoms with E-state index in [1.807, 2.05) is 13.8 Å². The molecule has 0 radical (unpaired) electrons.